The summed E-state index contributed by atoms with van der Waals surface area (Å²) in [5.74, 6) is -1.06. The van der Waals surface area contributed by atoms with Crippen LogP contribution in [0.3, 0.4) is 0 Å². The maximum atomic E-state index is 12.4. The number of hydrogen-bond donors (Lipinski definition) is 1. The fourth-order valence-electron chi connectivity index (χ4n) is 3.81. The van der Waals surface area contributed by atoms with E-state index in [1.165, 1.54) is 23.3 Å². The molecule has 2 aromatic carbocycles. The number of halogens is 1. The van der Waals surface area contributed by atoms with Crippen molar-refractivity contribution in [2.24, 2.45) is 0 Å². The van der Waals surface area contributed by atoms with Gasteiger partial charge < -0.3 is 15.0 Å². The molecule has 4 rings (SSSR count). The van der Waals surface area contributed by atoms with E-state index in [1.54, 1.807) is 11.0 Å². The van der Waals surface area contributed by atoms with Crippen LogP contribution in [0.25, 0.3) is 0 Å². The largest absolute Gasteiger partial charge is 0.452 e. The van der Waals surface area contributed by atoms with Crippen LogP contribution in [0, 0.1) is 0 Å². The summed E-state index contributed by atoms with van der Waals surface area (Å²) in [5.41, 5.74) is 4.02. The summed E-state index contributed by atoms with van der Waals surface area (Å²) in [4.78, 5) is 38.1. The van der Waals surface area contributed by atoms with Crippen LogP contribution in [0.15, 0.2) is 36.4 Å². The summed E-state index contributed by atoms with van der Waals surface area (Å²) in [7, 11) is 0. The Kier molecular flexibility index (Phi) is 5.53. The summed E-state index contributed by atoms with van der Waals surface area (Å²) in [6.45, 7) is 0.177. The number of hydrogen-bond acceptors (Lipinski definition) is 4. The minimum atomic E-state index is -0.640. The molecule has 1 aliphatic heterocycles. The summed E-state index contributed by atoms with van der Waals surface area (Å²) in [6.07, 6.45) is 4.46. The summed E-state index contributed by atoms with van der Waals surface area (Å²) in [6, 6.07) is 10.5. The molecule has 0 unspecified atom stereocenters. The Hall–Kier alpha value is -2.86. The monoisotopic (exact) mass is 412 g/mol. The fourth-order valence-corrected chi connectivity index (χ4v) is 4.03. The molecule has 2 amide bonds. The average molecular weight is 413 g/mol. The molecule has 7 heteroatoms. The first-order chi connectivity index (χ1) is 14.0. The first-order valence-electron chi connectivity index (χ1n) is 9.70. The number of nitrogens with one attached hydrogen (secondary N) is 1. The van der Waals surface area contributed by atoms with E-state index in [9.17, 15) is 14.4 Å². The molecule has 2 aromatic rings. The predicted molar refractivity (Wildman–Crippen MR) is 110 cm³/mol. The van der Waals surface area contributed by atoms with Crippen LogP contribution in [0.1, 0.15) is 40.7 Å². The standard InChI is InChI=1S/C22H21ClN2O4/c23-18-9-7-16(12-19(18)25-10-2-5-21(25)27)22(28)29-13-20(26)24-17-8-6-14-3-1-4-15(14)11-17/h6-9,11-12H,1-5,10,13H2,(H,24,26). The van der Waals surface area contributed by atoms with Crippen LogP contribution < -0.4 is 10.2 Å². The number of esters is 1. The third-order valence-electron chi connectivity index (χ3n) is 5.26. The van der Waals surface area contributed by atoms with Gasteiger partial charge in [-0.3, -0.25) is 9.59 Å². The van der Waals surface area contributed by atoms with Gasteiger partial charge in [0.1, 0.15) is 0 Å². The molecule has 0 aromatic heterocycles. The van der Waals surface area contributed by atoms with Gasteiger partial charge in [-0.2, -0.15) is 0 Å². The molecular weight excluding hydrogens is 392 g/mol. The van der Waals surface area contributed by atoms with Crippen LogP contribution in [-0.4, -0.2) is 30.9 Å². The SMILES string of the molecule is O=C(COC(=O)c1ccc(Cl)c(N2CCCC2=O)c1)Nc1ccc2c(c1)CCC2. The molecule has 29 heavy (non-hydrogen) atoms. The quantitative estimate of drug-likeness (QED) is 0.759. The Labute approximate surface area is 173 Å². The van der Waals surface area contributed by atoms with Crippen LogP contribution >= 0.6 is 11.6 Å². The normalized spacial score (nSPS) is 15.3. The predicted octanol–water partition coefficient (Wildman–Crippen LogP) is 3.75. The molecule has 6 nitrogen and oxygen atoms in total. The molecule has 0 radical (unpaired) electrons. The molecule has 2 aliphatic rings. The number of nitrogens with zero attached hydrogens (tertiary/aromatic N) is 1. The minimum Gasteiger partial charge on any atom is -0.452 e. The molecule has 0 spiro atoms. The lowest BCUT2D eigenvalue weighted by Crippen LogP contribution is -2.24. The molecule has 1 saturated heterocycles. The molecule has 1 heterocycles. The van der Waals surface area contributed by atoms with Gasteiger partial charge in [0, 0.05) is 18.7 Å². The Morgan fingerprint density at radius 3 is 2.66 bits per heavy atom. The summed E-state index contributed by atoms with van der Waals surface area (Å²) in [5, 5.41) is 3.15. The van der Waals surface area contributed by atoms with Gasteiger partial charge in [0.05, 0.1) is 16.3 Å². The zero-order chi connectivity index (χ0) is 20.4. The number of aryl methyl sites for hydroxylation is 2. The van der Waals surface area contributed by atoms with Crippen molar-refractivity contribution in [2.75, 3.05) is 23.4 Å². The maximum Gasteiger partial charge on any atom is 0.338 e. The van der Waals surface area contributed by atoms with Gasteiger partial charge in [-0.05, 0) is 67.1 Å². The van der Waals surface area contributed by atoms with Crippen LogP contribution in [-0.2, 0) is 27.2 Å². The van der Waals surface area contributed by atoms with E-state index < -0.39 is 18.5 Å². The van der Waals surface area contributed by atoms with Gasteiger partial charge >= 0.3 is 5.97 Å². The van der Waals surface area contributed by atoms with Crippen molar-refractivity contribution in [2.45, 2.75) is 32.1 Å². The molecule has 0 saturated carbocycles. The molecule has 0 bridgehead atoms. The number of ether oxygens (including phenoxy) is 1. The second-order valence-electron chi connectivity index (χ2n) is 7.28. The van der Waals surface area contributed by atoms with Crippen molar-refractivity contribution >= 4 is 40.8 Å². The van der Waals surface area contributed by atoms with E-state index in [0.717, 1.165) is 25.7 Å². The smallest absolute Gasteiger partial charge is 0.338 e. The number of benzene rings is 2. The highest BCUT2D eigenvalue weighted by Gasteiger charge is 2.25. The van der Waals surface area contributed by atoms with Crippen molar-refractivity contribution in [1.29, 1.82) is 0 Å². The summed E-state index contributed by atoms with van der Waals surface area (Å²) < 4.78 is 5.14. The van der Waals surface area contributed by atoms with Crippen molar-refractivity contribution < 1.29 is 19.1 Å². The van der Waals surface area contributed by atoms with Gasteiger partial charge in [0.2, 0.25) is 5.91 Å². The van der Waals surface area contributed by atoms with E-state index >= 15 is 0 Å². The lowest BCUT2D eigenvalue weighted by molar-refractivity contribution is -0.119. The first-order valence-corrected chi connectivity index (χ1v) is 10.1. The van der Waals surface area contributed by atoms with E-state index in [1.807, 2.05) is 18.2 Å². The Bertz CT molecular complexity index is 989. The van der Waals surface area contributed by atoms with Gasteiger partial charge in [-0.25, -0.2) is 4.79 Å². The fraction of sp³-hybridized carbons (Fsp3) is 0.318. The van der Waals surface area contributed by atoms with Crippen LogP contribution in [0.5, 0.6) is 0 Å². The molecular formula is C22H21ClN2O4. The van der Waals surface area contributed by atoms with Crippen molar-refractivity contribution in [3.63, 3.8) is 0 Å². The van der Waals surface area contributed by atoms with Crippen molar-refractivity contribution in [3.8, 4) is 0 Å². The third kappa shape index (κ3) is 4.27. The second-order valence-corrected chi connectivity index (χ2v) is 7.68. The lowest BCUT2D eigenvalue weighted by Gasteiger charge is -2.18. The maximum absolute atomic E-state index is 12.4. The number of anilines is 2. The van der Waals surface area contributed by atoms with Gasteiger partial charge in [-0.1, -0.05) is 17.7 Å². The highest BCUT2D eigenvalue weighted by Crippen LogP contribution is 2.30. The van der Waals surface area contributed by atoms with Gasteiger partial charge in [0.25, 0.3) is 5.91 Å². The molecule has 150 valence electrons. The zero-order valence-corrected chi connectivity index (χ0v) is 16.6. The van der Waals surface area contributed by atoms with E-state index in [2.05, 4.69) is 5.32 Å². The zero-order valence-electron chi connectivity index (χ0n) is 15.9. The average Bonchev–Trinajstić information content (AvgIpc) is 3.35. The van der Waals surface area contributed by atoms with E-state index in [4.69, 9.17) is 16.3 Å². The van der Waals surface area contributed by atoms with Crippen molar-refractivity contribution in [1.82, 2.24) is 0 Å². The van der Waals surface area contributed by atoms with Gasteiger partial charge in [0.15, 0.2) is 6.61 Å². The molecule has 1 fully saturated rings. The highest BCUT2D eigenvalue weighted by molar-refractivity contribution is 6.34. The number of carbonyl (C=O) groups excluding carboxylic acids is 3. The van der Waals surface area contributed by atoms with Crippen LogP contribution in [0.2, 0.25) is 5.02 Å². The third-order valence-corrected chi connectivity index (χ3v) is 5.58. The highest BCUT2D eigenvalue weighted by atomic mass is 35.5. The van der Waals surface area contributed by atoms with E-state index in [-0.39, 0.29) is 11.5 Å². The molecule has 0 atom stereocenters. The van der Waals surface area contributed by atoms with Crippen molar-refractivity contribution in [3.05, 3.63) is 58.1 Å². The second kappa shape index (κ2) is 8.25. The minimum absolute atomic E-state index is 0.0221. The lowest BCUT2D eigenvalue weighted by atomic mass is 10.1. The molecule has 1 N–H and O–H groups in total. The first kappa shape index (κ1) is 19.5. The number of rotatable bonds is 5. The van der Waals surface area contributed by atoms with E-state index in [0.29, 0.717) is 29.4 Å². The number of amides is 2. The van der Waals surface area contributed by atoms with Crippen LogP contribution in [0.4, 0.5) is 11.4 Å². The number of fused-ring (bicyclic) bond motifs is 1. The Morgan fingerprint density at radius 1 is 1.03 bits per heavy atom. The topological polar surface area (TPSA) is 75.7 Å². The van der Waals surface area contributed by atoms with Gasteiger partial charge in [-0.15, -0.1) is 0 Å². The Balaban J connectivity index is 1.37. The summed E-state index contributed by atoms with van der Waals surface area (Å²) >= 11 is 6.19. The molecule has 1 aliphatic carbocycles. The Morgan fingerprint density at radius 2 is 1.86 bits per heavy atom. The number of carbonyl (C=O) groups is 3.